The van der Waals surface area contributed by atoms with Crippen molar-refractivity contribution in [3.63, 3.8) is 0 Å². The van der Waals surface area contributed by atoms with E-state index >= 15 is 0 Å². The summed E-state index contributed by atoms with van der Waals surface area (Å²) in [5.41, 5.74) is 1.86. The molecular formula is C18H24N2O3. The molecule has 1 aliphatic heterocycles. The van der Waals surface area contributed by atoms with Crippen LogP contribution in [0.2, 0.25) is 0 Å². The number of ether oxygens (including phenoxy) is 1. The van der Waals surface area contributed by atoms with Crippen molar-refractivity contribution < 1.29 is 14.3 Å². The topological polar surface area (TPSA) is 67.4 Å². The Kier molecular flexibility index (Phi) is 4.66. The fourth-order valence-electron chi connectivity index (χ4n) is 3.65. The van der Waals surface area contributed by atoms with E-state index < -0.39 is 0 Å². The summed E-state index contributed by atoms with van der Waals surface area (Å²) < 4.78 is 5.13. The lowest BCUT2D eigenvalue weighted by atomic mass is 9.68. The van der Waals surface area contributed by atoms with Gasteiger partial charge in [0.2, 0.25) is 11.8 Å². The van der Waals surface area contributed by atoms with E-state index in [0.29, 0.717) is 19.4 Å². The highest BCUT2D eigenvalue weighted by Crippen LogP contribution is 2.38. The summed E-state index contributed by atoms with van der Waals surface area (Å²) in [6, 6.07) is 7.96. The van der Waals surface area contributed by atoms with Crippen molar-refractivity contribution in [2.75, 3.05) is 7.11 Å². The molecule has 0 aromatic heterocycles. The van der Waals surface area contributed by atoms with E-state index in [1.165, 1.54) is 0 Å². The number of carbonyl (C=O) groups is 2. The molecule has 124 valence electrons. The number of methoxy groups -OCH3 is 1. The minimum Gasteiger partial charge on any atom is -0.380 e. The maximum Gasteiger partial charge on any atom is 0.224 e. The molecule has 1 saturated carbocycles. The molecule has 1 spiro atoms. The summed E-state index contributed by atoms with van der Waals surface area (Å²) in [6.45, 7) is 0.549. The van der Waals surface area contributed by atoms with Gasteiger partial charge in [-0.1, -0.05) is 24.3 Å². The number of hydrogen-bond acceptors (Lipinski definition) is 3. The van der Waals surface area contributed by atoms with Gasteiger partial charge in [-0.05, 0) is 36.8 Å². The molecule has 2 fully saturated rings. The summed E-state index contributed by atoms with van der Waals surface area (Å²) >= 11 is 0. The normalized spacial score (nSPS) is 22.3. The first-order valence-corrected chi connectivity index (χ1v) is 8.28. The first-order valence-electron chi connectivity index (χ1n) is 8.28. The maximum absolute atomic E-state index is 12.4. The van der Waals surface area contributed by atoms with E-state index in [0.717, 1.165) is 36.8 Å². The summed E-state index contributed by atoms with van der Waals surface area (Å²) in [7, 11) is 1.66. The second-order valence-electron chi connectivity index (χ2n) is 6.65. The number of benzene rings is 1. The van der Waals surface area contributed by atoms with Crippen LogP contribution in [0.3, 0.4) is 0 Å². The van der Waals surface area contributed by atoms with E-state index in [9.17, 15) is 9.59 Å². The monoisotopic (exact) mass is 316 g/mol. The predicted molar refractivity (Wildman–Crippen MR) is 86.7 cm³/mol. The molecule has 1 unspecified atom stereocenters. The molecule has 1 aromatic carbocycles. The third kappa shape index (κ3) is 3.55. The van der Waals surface area contributed by atoms with Crippen LogP contribution >= 0.6 is 0 Å². The van der Waals surface area contributed by atoms with Gasteiger partial charge < -0.3 is 15.4 Å². The van der Waals surface area contributed by atoms with Gasteiger partial charge in [0.25, 0.3) is 0 Å². The summed E-state index contributed by atoms with van der Waals surface area (Å²) in [5, 5.41) is 6.25. The zero-order valence-electron chi connectivity index (χ0n) is 13.6. The maximum atomic E-state index is 12.4. The fourth-order valence-corrected chi connectivity index (χ4v) is 3.65. The van der Waals surface area contributed by atoms with Crippen molar-refractivity contribution in [1.29, 1.82) is 0 Å². The lowest BCUT2D eigenvalue weighted by molar-refractivity contribution is -0.131. The number of rotatable bonds is 5. The van der Waals surface area contributed by atoms with Gasteiger partial charge in [-0.3, -0.25) is 9.59 Å². The van der Waals surface area contributed by atoms with Crippen molar-refractivity contribution in [3.05, 3.63) is 35.4 Å². The first kappa shape index (κ1) is 16.0. The highest BCUT2D eigenvalue weighted by Gasteiger charge is 2.48. The van der Waals surface area contributed by atoms with Gasteiger partial charge in [-0.15, -0.1) is 0 Å². The lowest BCUT2D eigenvalue weighted by Crippen LogP contribution is -2.68. The molecule has 3 rings (SSSR count). The highest BCUT2D eigenvalue weighted by molar-refractivity contribution is 5.81. The molecule has 0 radical (unpaired) electrons. The van der Waals surface area contributed by atoms with Crippen molar-refractivity contribution >= 4 is 11.8 Å². The summed E-state index contributed by atoms with van der Waals surface area (Å²) in [5.74, 6) is 0.134. The Morgan fingerprint density at radius 1 is 1.39 bits per heavy atom. The number of carbonyl (C=O) groups excluding carboxylic acids is 2. The number of hydrogen-bond donors (Lipinski definition) is 2. The van der Waals surface area contributed by atoms with E-state index in [4.69, 9.17) is 4.74 Å². The van der Waals surface area contributed by atoms with Crippen molar-refractivity contribution in [2.24, 2.45) is 0 Å². The van der Waals surface area contributed by atoms with Gasteiger partial charge in [0.15, 0.2) is 0 Å². The number of nitrogens with one attached hydrogen (secondary N) is 2. The van der Waals surface area contributed by atoms with Gasteiger partial charge in [0.05, 0.1) is 24.6 Å². The van der Waals surface area contributed by atoms with Crippen LogP contribution in [-0.4, -0.2) is 30.5 Å². The van der Waals surface area contributed by atoms with Crippen LogP contribution in [0.4, 0.5) is 0 Å². The standard InChI is InChI=1S/C18H24N2O3/c1-23-12-14-5-2-4-13(10-14)11-17(22)19-15-6-7-16(21)20-18(15)8-3-9-18/h2,4-5,10,15H,3,6-9,11-12H2,1H3,(H,19,22)(H,20,21). The third-order valence-corrected chi connectivity index (χ3v) is 4.96. The SMILES string of the molecule is COCc1cccc(CC(=O)NC2CCC(=O)NC23CCC3)c1. The molecule has 1 aromatic rings. The molecule has 23 heavy (non-hydrogen) atoms. The Hall–Kier alpha value is -1.88. The second-order valence-corrected chi connectivity index (χ2v) is 6.65. The van der Waals surface area contributed by atoms with Crippen LogP contribution in [0.25, 0.3) is 0 Å². The summed E-state index contributed by atoms with van der Waals surface area (Å²) in [4.78, 5) is 24.1. The Bertz CT molecular complexity index is 596. The van der Waals surface area contributed by atoms with Crippen LogP contribution in [0.15, 0.2) is 24.3 Å². The molecule has 5 heteroatoms. The zero-order valence-corrected chi connectivity index (χ0v) is 13.6. The van der Waals surface area contributed by atoms with E-state index in [1.54, 1.807) is 7.11 Å². The minimum atomic E-state index is -0.192. The third-order valence-electron chi connectivity index (χ3n) is 4.96. The quantitative estimate of drug-likeness (QED) is 0.869. The van der Waals surface area contributed by atoms with E-state index in [2.05, 4.69) is 10.6 Å². The van der Waals surface area contributed by atoms with Crippen molar-refractivity contribution in [3.8, 4) is 0 Å². The molecule has 5 nitrogen and oxygen atoms in total. The number of amides is 2. The van der Waals surface area contributed by atoms with Gasteiger partial charge in [0.1, 0.15) is 0 Å². The molecule has 1 saturated heterocycles. The van der Waals surface area contributed by atoms with Crippen LogP contribution in [0.5, 0.6) is 0 Å². The molecule has 1 atom stereocenters. The van der Waals surface area contributed by atoms with E-state index in [1.807, 2.05) is 24.3 Å². The largest absolute Gasteiger partial charge is 0.380 e. The molecule has 0 bridgehead atoms. The second kappa shape index (κ2) is 6.71. The van der Waals surface area contributed by atoms with Gasteiger partial charge in [-0.25, -0.2) is 0 Å². The summed E-state index contributed by atoms with van der Waals surface area (Å²) in [6.07, 6.45) is 4.64. The Balaban J connectivity index is 1.60. The highest BCUT2D eigenvalue weighted by atomic mass is 16.5. The molecular weight excluding hydrogens is 292 g/mol. The smallest absolute Gasteiger partial charge is 0.224 e. The average Bonchev–Trinajstić information content (AvgIpc) is 2.48. The van der Waals surface area contributed by atoms with Gasteiger partial charge in [0, 0.05) is 13.5 Å². The Morgan fingerprint density at radius 3 is 2.87 bits per heavy atom. The number of piperidine rings is 1. The van der Waals surface area contributed by atoms with Crippen LogP contribution in [0.1, 0.15) is 43.2 Å². The lowest BCUT2D eigenvalue weighted by Gasteiger charge is -2.51. The van der Waals surface area contributed by atoms with Crippen molar-refractivity contribution in [1.82, 2.24) is 10.6 Å². The minimum absolute atomic E-state index is 0.0204. The molecule has 1 aliphatic carbocycles. The van der Waals surface area contributed by atoms with Gasteiger partial charge >= 0.3 is 0 Å². The molecule has 1 heterocycles. The Labute approximate surface area is 136 Å². The zero-order chi connectivity index (χ0) is 16.3. The first-order chi connectivity index (χ1) is 11.1. The van der Waals surface area contributed by atoms with Crippen LogP contribution in [-0.2, 0) is 27.4 Å². The van der Waals surface area contributed by atoms with Gasteiger partial charge in [-0.2, -0.15) is 0 Å². The van der Waals surface area contributed by atoms with E-state index in [-0.39, 0.29) is 23.4 Å². The fraction of sp³-hybridized carbons (Fsp3) is 0.556. The van der Waals surface area contributed by atoms with Crippen LogP contribution < -0.4 is 10.6 Å². The van der Waals surface area contributed by atoms with Crippen molar-refractivity contribution in [2.45, 2.75) is 56.7 Å². The molecule has 2 aliphatic rings. The average molecular weight is 316 g/mol. The molecule has 2 amide bonds. The Morgan fingerprint density at radius 2 is 2.17 bits per heavy atom. The molecule has 2 N–H and O–H groups in total. The van der Waals surface area contributed by atoms with Crippen LogP contribution in [0, 0.1) is 0 Å². The predicted octanol–water partition coefficient (Wildman–Crippen LogP) is 1.69.